The van der Waals surface area contributed by atoms with Crippen LogP contribution in [0.5, 0.6) is 11.5 Å². The van der Waals surface area contributed by atoms with Gasteiger partial charge in [0.15, 0.2) is 17.3 Å². The van der Waals surface area contributed by atoms with Crippen molar-refractivity contribution in [2.24, 2.45) is 0 Å². The molecule has 0 radical (unpaired) electrons. The summed E-state index contributed by atoms with van der Waals surface area (Å²) in [6.07, 6.45) is 1.65. The Kier molecular flexibility index (Phi) is 5.46. The number of anilines is 2. The smallest absolute Gasteiger partial charge is 0.291 e. The maximum absolute atomic E-state index is 12.7. The number of ether oxygens (including phenoxy) is 2. The number of carbonyl (C=O) groups excluding carboxylic acids is 1. The van der Waals surface area contributed by atoms with E-state index in [2.05, 4.69) is 5.32 Å². The molecule has 3 heterocycles. The van der Waals surface area contributed by atoms with Crippen LogP contribution in [0.25, 0.3) is 0 Å². The molecule has 3 N–H and O–H groups in total. The largest absolute Gasteiger partial charge is 0.455 e. The normalized spacial score (nSPS) is 16.0. The second kappa shape index (κ2) is 7.53. The minimum absolute atomic E-state index is 0. The van der Waals surface area contributed by atoms with Crippen molar-refractivity contribution in [2.75, 3.05) is 30.9 Å². The summed E-state index contributed by atoms with van der Waals surface area (Å²) in [4.78, 5) is 12.5. The molecule has 152 valence electrons. The van der Waals surface area contributed by atoms with Crippen molar-refractivity contribution < 1.29 is 27.1 Å². The minimum Gasteiger partial charge on any atom is -0.455 e. The number of hydrogen-bond acceptors (Lipinski definition) is 7. The van der Waals surface area contributed by atoms with E-state index in [0.717, 1.165) is 12.8 Å². The Morgan fingerprint density at radius 1 is 1.14 bits per heavy atom. The molecule has 0 aliphatic carbocycles. The third-order valence-electron chi connectivity index (χ3n) is 4.57. The van der Waals surface area contributed by atoms with E-state index in [1.54, 1.807) is 12.1 Å². The Morgan fingerprint density at radius 3 is 2.46 bits per heavy atom. The van der Waals surface area contributed by atoms with Crippen molar-refractivity contribution in [3.05, 3.63) is 29.7 Å². The van der Waals surface area contributed by atoms with Gasteiger partial charge in [0.05, 0.1) is 11.4 Å². The van der Waals surface area contributed by atoms with Gasteiger partial charge in [0.1, 0.15) is 10.7 Å². The summed E-state index contributed by atoms with van der Waals surface area (Å²) < 4.78 is 42.7. The number of aryl methyl sites for hydroxylation is 1. The number of hydrogen-bond donors (Lipinski definition) is 2. The number of nitrogens with one attached hydrogen (secondary N) is 1. The van der Waals surface area contributed by atoms with Gasteiger partial charge >= 0.3 is 0 Å². The number of fused-ring (bicyclic) bond motifs is 1. The Labute approximate surface area is 168 Å². The van der Waals surface area contributed by atoms with Crippen molar-refractivity contribution >= 4 is 39.7 Å². The molecule has 0 atom stereocenters. The first-order chi connectivity index (χ1) is 12.9. The highest BCUT2D eigenvalue weighted by molar-refractivity contribution is 7.89. The van der Waals surface area contributed by atoms with E-state index < -0.39 is 15.9 Å². The SMILES string of the molecule is Cc1oc(C(=O)Nc2cc3c(cc2N)OCO3)cc1S(=O)(=O)N1CCCC1.Cl. The highest BCUT2D eigenvalue weighted by Gasteiger charge is 2.32. The number of amides is 1. The predicted octanol–water partition coefficient (Wildman–Crippen LogP) is 2.36. The summed E-state index contributed by atoms with van der Waals surface area (Å²) in [5.41, 5.74) is 6.54. The number of nitrogen functional groups attached to an aromatic ring is 1. The summed E-state index contributed by atoms with van der Waals surface area (Å²) >= 11 is 0. The standard InChI is InChI=1S/C17H19N3O6S.ClH/c1-10-16(27(22,23)20-4-2-3-5-20)8-15(26-10)17(21)19-12-7-14-13(6-11(12)18)24-9-25-14;/h6-8H,2-5,9,18H2,1H3,(H,19,21);1H. The molecule has 0 spiro atoms. The molecule has 1 aromatic carbocycles. The van der Waals surface area contributed by atoms with Crippen LogP contribution in [0, 0.1) is 6.92 Å². The number of carbonyl (C=O) groups is 1. The van der Waals surface area contributed by atoms with Gasteiger partial charge in [-0.3, -0.25) is 4.79 Å². The third kappa shape index (κ3) is 3.50. The molecule has 4 rings (SSSR count). The van der Waals surface area contributed by atoms with E-state index in [1.165, 1.54) is 17.3 Å². The number of benzene rings is 1. The molecule has 0 saturated carbocycles. The van der Waals surface area contributed by atoms with E-state index in [0.29, 0.717) is 36.0 Å². The summed E-state index contributed by atoms with van der Waals surface area (Å²) in [6, 6.07) is 4.35. The highest BCUT2D eigenvalue weighted by Crippen LogP contribution is 2.38. The van der Waals surface area contributed by atoms with Crippen molar-refractivity contribution in [1.82, 2.24) is 4.31 Å². The molecule has 2 aliphatic rings. The summed E-state index contributed by atoms with van der Waals surface area (Å²) in [6.45, 7) is 2.56. The van der Waals surface area contributed by atoms with Gasteiger partial charge in [-0.2, -0.15) is 4.31 Å². The van der Waals surface area contributed by atoms with E-state index in [4.69, 9.17) is 19.6 Å². The van der Waals surface area contributed by atoms with Crippen molar-refractivity contribution in [3.8, 4) is 11.5 Å². The van der Waals surface area contributed by atoms with Gasteiger partial charge in [-0.25, -0.2) is 8.42 Å². The van der Waals surface area contributed by atoms with Crippen LogP contribution in [0.3, 0.4) is 0 Å². The molecule has 2 aromatic rings. The van der Waals surface area contributed by atoms with Gasteiger partial charge in [0.25, 0.3) is 5.91 Å². The van der Waals surface area contributed by atoms with Crippen LogP contribution in [-0.4, -0.2) is 38.5 Å². The monoisotopic (exact) mass is 429 g/mol. The van der Waals surface area contributed by atoms with Crippen LogP contribution in [0.15, 0.2) is 27.5 Å². The summed E-state index contributed by atoms with van der Waals surface area (Å²) in [5.74, 6) is 0.422. The molecule has 2 aliphatic heterocycles. The lowest BCUT2D eigenvalue weighted by atomic mass is 10.2. The molecule has 1 fully saturated rings. The highest BCUT2D eigenvalue weighted by atomic mass is 35.5. The predicted molar refractivity (Wildman–Crippen MR) is 104 cm³/mol. The summed E-state index contributed by atoms with van der Waals surface area (Å²) in [7, 11) is -3.67. The van der Waals surface area contributed by atoms with Crippen LogP contribution in [0.4, 0.5) is 11.4 Å². The van der Waals surface area contributed by atoms with Crippen molar-refractivity contribution in [1.29, 1.82) is 0 Å². The molecule has 9 nitrogen and oxygen atoms in total. The molecule has 0 unspecified atom stereocenters. The van der Waals surface area contributed by atoms with E-state index in [-0.39, 0.29) is 35.6 Å². The quantitative estimate of drug-likeness (QED) is 0.714. The van der Waals surface area contributed by atoms with Crippen molar-refractivity contribution in [3.63, 3.8) is 0 Å². The second-order valence-electron chi connectivity index (χ2n) is 6.39. The molecule has 1 amide bonds. The number of halogens is 1. The van der Waals surface area contributed by atoms with Gasteiger partial charge in [-0.05, 0) is 19.8 Å². The van der Waals surface area contributed by atoms with Gasteiger partial charge in [-0.1, -0.05) is 0 Å². The van der Waals surface area contributed by atoms with Crippen molar-refractivity contribution in [2.45, 2.75) is 24.7 Å². The Morgan fingerprint density at radius 2 is 1.79 bits per heavy atom. The van der Waals surface area contributed by atoms with E-state index in [1.807, 2.05) is 0 Å². The van der Waals surface area contributed by atoms with Crippen LogP contribution in [0.1, 0.15) is 29.2 Å². The van der Waals surface area contributed by atoms with Crippen LogP contribution >= 0.6 is 12.4 Å². The van der Waals surface area contributed by atoms with Crippen LogP contribution in [0.2, 0.25) is 0 Å². The fourth-order valence-electron chi connectivity index (χ4n) is 3.15. The van der Waals surface area contributed by atoms with E-state index >= 15 is 0 Å². The molecule has 0 bridgehead atoms. The van der Waals surface area contributed by atoms with Gasteiger partial charge < -0.3 is 24.9 Å². The van der Waals surface area contributed by atoms with Crippen LogP contribution < -0.4 is 20.5 Å². The fraction of sp³-hybridized carbons (Fsp3) is 0.353. The Bertz CT molecular complexity index is 1010. The van der Waals surface area contributed by atoms with E-state index in [9.17, 15) is 13.2 Å². The zero-order chi connectivity index (χ0) is 19.2. The fourth-order valence-corrected chi connectivity index (χ4v) is 4.83. The number of nitrogens with zero attached hydrogens (tertiary/aromatic N) is 1. The molecular weight excluding hydrogens is 410 g/mol. The maximum atomic E-state index is 12.7. The Hall–Kier alpha value is -2.43. The average Bonchev–Trinajstić information content (AvgIpc) is 3.34. The molecule has 11 heteroatoms. The topological polar surface area (TPSA) is 124 Å². The first-order valence-corrected chi connectivity index (χ1v) is 9.91. The molecule has 1 saturated heterocycles. The lowest BCUT2D eigenvalue weighted by molar-refractivity contribution is 0.0995. The van der Waals surface area contributed by atoms with Crippen LogP contribution in [-0.2, 0) is 10.0 Å². The maximum Gasteiger partial charge on any atom is 0.291 e. The molecule has 28 heavy (non-hydrogen) atoms. The second-order valence-corrected chi connectivity index (χ2v) is 8.30. The first kappa shape index (κ1) is 20.3. The number of rotatable bonds is 4. The number of furan rings is 1. The lowest BCUT2D eigenvalue weighted by Crippen LogP contribution is -2.28. The van der Waals surface area contributed by atoms with Gasteiger partial charge in [0, 0.05) is 31.3 Å². The zero-order valence-electron chi connectivity index (χ0n) is 15.1. The van der Waals surface area contributed by atoms with Gasteiger partial charge in [-0.15, -0.1) is 12.4 Å². The third-order valence-corrected chi connectivity index (χ3v) is 6.58. The summed E-state index contributed by atoms with van der Waals surface area (Å²) in [5, 5.41) is 2.62. The first-order valence-electron chi connectivity index (χ1n) is 8.47. The zero-order valence-corrected chi connectivity index (χ0v) is 16.7. The van der Waals surface area contributed by atoms with Gasteiger partial charge in [0.2, 0.25) is 16.8 Å². The molecule has 1 aromatic heterocycles. The average molecular weight is 430 g/mol. The number of sulfonamides is 1. The lowest BCUT2D eigenvalue weighted by Gasteiger charge is -2.14. The molecular formula is C17H20ClN3O6S. The Balaban J connectivity index is 0.00000225. The minimum atomic E-state index is -3.67. The number of nitrogens with two attached hydrogens (primary N) is 1.